The lowest BCUT2D eigenvalue weighted by molar-refractivity contribution is 0.399. The summed E-state index contributed by atoms with van der Waals surface area (Å²) in [5.41, 5.74) is 25.6. The first-order valence-electron chi connectivity index (χ1n) is 23.8. The molecule has 4 atom stereocenters. The van der Waals surface area contributed by atoms with Gasteiger partial charge in [0, 0.05) is 46.7 Å². The standard InChI is InChI=1S/C59H58N4O6P2/c1-36-27-44(28-37(2)56(36)60)58(5,70(66)54-21-13-9-17-48(54)46-15-7-11-19-52(46)68-70)62-34-42-32-40(23-25-50(42)64)31-41-24-26-51(65)43(33-41)35-63-59(6,45-29-38(3)57(61)39(4)30-45)71(67)55-22-14-10-18-49(55)47-16-8-12-20-53(47)69-71/h7-30,32-33,62-65H,31,34-35,60-61H2,1-6H3. The summed E-state index contributed by atoms with van der Waals surface area (Å²) in [5, 5.41) is 28.8. The van der Waals surface area contributed by atoms with E-state index in [9.17, 15) is 10.2 Å². The first-order chi connectivity index (χ1) is 33.9. The van der Waals surface area contributed by atoms with E-state index in [4.69, 9.17) is 20.5 Å². The lowest BCUT2D eigenvalue weighted by atomic mass is 9.98. The summed E-state index contributed by atoms with van der Waals surface area (Å²) in [4.78, 5) is 0. The van der Waals surface area contributed by atoms with Gasteiger partial charge in [0.05, 0.1) is 10.6 Å². The van der Waals surface area contributed by atoms with Crippen molar-refractivity contribution in [1.29, 1.82) is 0 Å². The van der Waals surface area contributed by atoms with E-state index >= 15 is 9.13 Å². The van der Waals surface area contributed by atoms with Crippen molar-refractivity contribution in [3.8, 4) is 45.3 Å². The van der Waals surface area contributed by atoms with E-state index in [-0.39, 0.29) is 24.6 Å². The highest BCUT2D eigenvalue weighted by atomic mass is 31.2. The van der Waals surface area contributed by atoms with Gasteiger partial charge in [-0.2, -0.15) is 0 Å². The number of hydrogen-bond donors (Lipinski definition) is 6. The van der Waals surface area contributed by atoms with Gasteiger partial charge in [0.15, 0.2) is 0 Å². The quantitative estimate of drug-likeness (QED) is 0.0512. The van der Waals surface area contributed by atoms with E-state index in [0.717, 1.165) is 66.8 Å². The summed E-state index contributed by atoms with van der Waals surface area (Å²) in [6.07, 6.45) is 0.458. The Kier molecular flexibility index (Phi) is 12.0. The number of hydrogen-bond acceptors (Lipinski definition) is 10. The van der Waals surface area contributed by atoms with Crippen molar-refractivity contribution in [3.05, 3.63) is 213 Å². The number of nitrogen functional groups attached to an aromatic ring is 2. The van der Waals surface area contributed by atoms with Crippen LogP contribution in [0, 0.1) is 27.7 Å². The molecule has 0 aliphatic carbocycles. The van der Waals surface area contributed by atoms with Gasteiger partial charge in [0.2, 0.25) is 0 Å². The first kappa shape index (κ1) is 47.6. The molecule has 0 aromatic heterocycles. The maximum atomic E-state index is 16.0. The van der Waals surface area contributed by atoms with E-state index in [1.54, 1.807) is 12.1 Å². The van der Waals surface area contributed by atoms with Crippen LogP contribution < -0.4 is 41.8 Å². The molecule has 10 nitrogen and oxygen atoms in total. The van der Waals surface area contributed by atoms with E-state index in [1.165, 1.54) is 0 Å². The van der Waals surface area contributed by atoms with Crippen molar-refractivity contribution in [2.45, 2.75) is 71.6 Å². The monoisotopic (exact) mass is 980 g/mol. The molecule has 0 saturated carbocycles. The number of nitrogens with two attached hydrogens (primary N) is 2. The normalized spacial score (nSPS) is 18.3. The van der Waals surface area contributed by atoms with Crippen LogP contribution in [0.4, 0.5) is 11.4 Å². The van der Waals surface area contributed by atoms with Gasteiger partial charge in [-0.15, -0.1) is 0 Å². The second-order valence-electron chi connectivity index (χ2n) is 19.3. The largest absolute Gasteiger partial charge is 0.508 e. The molecule has 4 unspecified atom stereocenters. The summed E-state index contributed by atoms with van der Waals surface area (Å²) in [6.45, 7) is 11.9. The Morgan fingerprint density at radius 1 is 0.479 bits per heavy atom. The lowest BCUT2D eigenvalue weighted by Crippen LogP contribution is -2.44. The molecule has 0 saturated heterocycles. The highest BCUT2D eigenvalue weighted by molar-refractivity contribution is 7.69. The van der Waals surface area contributed by atoms with Crippen LogP contribution in [0.1, 0.15) is 69.5 Å². The third kappa shape index (κ3) is 8.00. The third-order valence-corrected chi connectivity index (χ3v) is 20.8. The number of anilines is 2. The molecule has 8 aromatic rings. The Morgan fingerprint density at radius 3 is 1.20 bits per heavy atom. The Bertz CT molecular complexity index is 3260. The molecule has 10 rings (SSSR count). The van der Waals surface area contributed by atoms with Crippen LogP contribution >= 0.6 is 14.7 Å². The maximum absolute atomic E-state index is 16.0. The average Bonchev–Trinajstić information content (AvgIpc) is 3.37. The molecule has 0 fully saturated rings. The van der Waals surface area contributed by atoms with Crippen molar-refractivity contribution < 1.29 is 28.4 Å². The molecule has 8 N–H and O–H groups in total. The molecular formula is C59H58N4O6P2. The fourth-order valence-electron chi connectivity index (χ4n) is 10.3. The molecule has 2 aliphatic heterocycles. The summed E-state index contributed by atoms with van der Waals surface area (Å²) < 4.78 is 45.5. The minimum Gasteiger partial charge on any atom is -0.508 e. The minimum absolute atomic E-state index is 0.0777. The second-order valence-corrected chi connectivity index (χ2v) is 24.6. The number of rotatable bonds is 12. The minimum atomic E-state index is -3.85. The number of aryl methyl sites for hydroxylation is 4. The molecule has 71 heavy (non-hydrogen) atoms. The SMILES string of the molecule is Cc1cc(C(C)(NCc2cc(Cc3ccc(O)c(CNC(C)(c4cc(C)c(N)c(C)c4)P4(=O)Oc5ccccc5-c5ccccc54)c3)ccc2O)P2(=O)Oc3ccccc3-c3ccccc32)cc(C)c1N. The highest BCUT2D eigenvalue weighted by Gasteiger charge is 2.54. The fourth-order valence-corrected chi connectivity index (χ4v) is 15.8. The summed E-state index contributed by atoms with van der Waals surface area (Å²) >= 11 is 0. The van der Waals surface area contributed by atoms with Crippen molar-refractivity contribution in [1.82, 2.24) is 10.6 Å². The topological polar surface area (TPSA) is 169 Å². The number of benzene rings is 8. The summed E-state index contributed by atoms with van der Waals surface area (Å²) in [7, 11) is -7.70. The van der Waals surface area contributed by atoms with Crippen LogP contribution in [-0.2, 0) is 39.2 Å². The Balaban J connectivity index is 0.966. The summed E-state index contributed by atoms with van der Waals surface area (Å²) in [5.74, 6) is 1.22. The van der Waals surface area contributed by atoms with Gasteiger partial charge in [-0.3, -0.25) is 19.8 Å². The van der Waals surface area contributed by atoms with Gasteiger partial charge in [0.1, 0.15) is 33.6 Å². The zero-order valence-electron chi connectivity index (χ0n) is 40.7. The number of nitrogens with one attached hydrogen (secondary N) is 2. The van der Waals surface area contributed by atoms with E-state index in [2.05, 4.69) is 10.6 Å². The predicted octanol–water partition coefficient (Wildman–Crippen LogP) is 12.3. The second kappa shape index (κ2) is 18.0. The number of phenolic OH excluding ortho intramolecular Hbond substituents is 2. The molecule has 8 aromatic carbocycles. The van der Waals surface area contributed by atoms with E-state index in [1.807, 2.05) is 187 Å². The molecule has 0 amide bonds. The van der Waals surface area contributed by atoms with Gasteiger partial charge in [-0.1, -0.05) is 121 Å². The van der Waals surface area contributed by atoms with Gasteiger partial charge >= 0.3 is 14.7 Å². The van der Waals surface area contributed by atoms with Crippen LogP contribution in [-0.4, -0.2) is 10.2 Å². The molecule has 360 valence electrons. The Labute approximate surface area is 415 Å². The molecular weight excluding hydrogens is 923 g/mol. The third-order valence-electron chi connectivity index (χ3n) is 14.7. The van der Waals surface area contributed by atoms with Crippen molar-refractivity contribution in [3.63, 3.8) is 0 Å². The maximum Gasteiger partial charge on any atom is 0.301 e. The number of phenols is 2. The molecule has 0 bridgehead atoms. The fraction of sp³-hybridized carbons (Fsp3) is 0.186. The summed E-state index contributed by atoms with van der Waals surface area (Å²) in [6, 6.07) is 49.5. The van der Waals surface area contributed by atoms with Gasteiger partial charge in [-0.25, -0.2) is 0 Å². The van der Waals surface area contributed by atoms with Crippen LogP contribution in [0.3, 0.4) is 0 Å². The van der Waals surface area contributed by atoms with Crippen LogP contribution in [0.15, 0.2) is 158 Å². The molecule has 0 spiro atoms. The van der Waals surface area contributed by atoms with Gasteiger partial charge < -0.3 is 30.7 Å². The highest BCUT2D eigenvalue weighted by Crippen LogP contribution is 2.67. The molecule has 12 heteroatoms. The Morgan fingerprint density at radius 2 is 0.817 bits per heavy atom. The smallest absolute Gasteiger partial charge is 0.301 e. The van der Waals surface area contributed by atoms with Crippen LogP contribution in [0.2, 0.25) is 0 Å². The van der Waals surface area contributed by atoms with Crippen LogP contribution in [0.5, 0.6) is 23.0 Å². The predicted molar refractivity (Wildman–Crippen MR) is 288 cm³/mol. The van der Waals surface area contributed by atoms with Crippen molar-refractivity contribution >= 4 is 36.7 Å². The Hall–Kier alpha value is -7.06. The first-order valence-corrected chi connectivity index (χ1v) is 27.0. The molecule has 0 radical (unpaired) electrons. The molecule has 2 heterocycles. The van der Waals surface area contributed by atoms with Crippen molar-refractivity contribution in [2.24, 2.45) is 0 Å². The average molecular weight is 981 g/mol. The number of para-hydroxylation sites is 2. The van der Waals surface area contributed by atoms with Crippen LogP contribution in [0.25, 0.3) is 22.3 Å². The van der Waals surface area contributed by atoms with E-state index in [0.29, 0.717) is 51.0 Å². The molecule has 2 aliphatic rings. The van der Waals surface area contributed by atoms with Crippen molar-refractivity contribution in [2.75, 3.05) is 11.5 Å². The van der Waals surface area contributed by atoms with E-state index < -0.39 is 25.3 Å². The lowest BCUT2D eigenvalue weighted by Gasteiger charge is -2.42. The zero-order valence-corrected chi connectivity index (χ0v) is 42.5. The zero-order chi connectivity index (χ0) is 50.0. The van der Waals surface area contributed by atoms with Gasteiger partial charge in [0.25, 0.3) is 0 Å². The number of fused-ring (bicyclic) bond motifs is 6. The number of aromatic hydroxyl groups is 2. The van der Waals surface area contributed by atoms with Gasteiger partial charge in [-0.05, 0) is 140 Å².